The summed E-state index contributed by atoms with van der Waals surface area (Å²) in [5.74, 6) is 0.788. The maximum absolute atomic E-state index is 15.0. The molecule has 0 unspecified atom stereocenters. The molecule has 9 heteroatoms. The number of carbonyl (C=O) groups excluding carboxylic acids is 1. The Balaban J connectivity index is 1.16. The van der Waals surface area contributed by atoms with E-state index in [1.807, 2.05) is 6.07 Å². The minimum absolute atomic E-state index is 0.00407. The maximum atomic E-state index is 15.0. The Morgan fingerprint density at radius 3 is 2.56 bits per heavy atom. The van der Waals surface area contributed by atoms with Gasteiger partial charge in [0.05, 0.1) is 26.2 Å². The van der Waals surface area contributed by atoms with Crippen LogP contribution in [0, 0.1) is 5.82 Å². The molecule has 0 spiro atoms. The van der Waals surface area contributed by atoms with Crippen molar-refractivity contribution in [2.45, 2.75) is 31.3 Å². The third-order valence-corrected chi connectivity index (χ3v) is 7.43. The Labute approximate surface area is 224 Å². The molecule has 1 saturated heterocycles. The van der Waals surface area contributed by atoms with Crippen molar-refractivity contribution in [1.29, 1.82) is 0 Å². The second-order valence-corrected chi connectivity index (χ2v) is 9.92. The molecule has 0 saturated carbocycles. The molecule has 2 heterocycles. The molecule has 8 nitrogen and oxygen atoms in total. The lowest BCUT2D eigenvalue weighted by Crippen LogP contribution is -2.40. The van der Waals surface area contributed by atoms with Crippen LogP contribution in [0.1, 0.15) is 51.9 Å². The van der Waals surface area contributed by atoms with Crippen molar-refractivity contribution in [3.63, 3.8) is 0 Å². The number of carboxylic acids is 1. The van der Waals surface area contributed by atoms with Crippen LogP contribution >= 0.6 is 0 Å². The predicted molar refractivity (Wildman–Crippen MR) is 138 cm³/mol. The molecule has 6 rings (SSSR count). The average molecular weight is 534 g/mol. The van der Waals surface area contributed by atoms with E-state index >= 15 is 4.39 Å². The number of nitrogens with zero attached hydrogens (tertiary/aromatic N) is 1. The Bertz CT molecular complexity index is 1400. The van der Waals surface area contributed by atoms with Gasteiger partial charge in [-0.25, -0.2) is 4.39 Å². The first-order valence-corrected chi connectivity index (χ1v) is 13.1. The molecular formula is C30H28FNO7. The minimum Gasteiger partial charge on any atom is -0.492 e. The molecule has 1 aliphatic carbocycles. The molecule has 3 aromatic carbocycles. The third-order valence-electron chi connectivity index (χ3n) is 7.43. The van der Waals surface area contributed by atoms with Gasteiger partial charge in [0.2, 0.25) is 0 Å². The maximum Gasteiger partial charge on any atom is 0.304 e. The van der Waals surface area contributed by atoms with Crippen LogP contribution in [0.2, 0.25) is 0 Å². The van der Waals surface area contributed by atoms with E-state index in [-0.39, 0.29) is 24.1 Å². The number of rotatable bonds is 7. The third kappa shape index (κ3) is 5.14. The largest absolute Gasteiger partial charge is 0.492 e. The molecule has 2 aliphatic heterocycles. The van der Waals surface area contributed by atoms with Gasteiger partial charge in [-0.1, -0.05) is 6.07 Å². The van der Waals surface area contributed by atoms with Crippen LogP contribution in [-0.4, -0.2) is 54.8 Å². The summed E-state index contributed by atoms with van der Waals surface area (Å²) < 4.78 is 38.3. The number of ether oxygens (including phenoxy) is 4. The average Bonchev–Trinajstić information content (AvgIpc) is 3.55. The summed E-state index contributed by atoms with van der Waals surface area (Å²) in [4.78, 5) is 25.6. The van der Waals surface area contributed by atoms with Crippen molar-refractivity contribution < 1.29 is 38.0 Å². The van der Waals surface area contributed by atoms with Gasteiger partial charge >= 0.3 is 5.97 Å². The van der Waals surface area contributed by atoms with Crippen molar-refractivity contribution in [2.24, 2.45) is 0 Å². The van der Waals surface area contributed by atoms with Crippen LogP contribution in [0.4, 0.5) is 4.39 Å². The summed E-state index contributed by atoms with van der Waals surface area (Å²) in [5.41, 5.74) is 2.65. The Morgan fingerprint density at radius 1 is 1.03 bits per heavy atom. The molecule has 0 radical (unpaired) electrons. The quantitative estimate of drug-likeness (QED) is 0.451. The first-order chi connectivity index (χ1) is 19.0. The normalized spacial score (nSPS) is 19.7. The molecule has 1 amide bonds. The van der Waals surface area contributed by atoms with Crippen LogP contribution in [-0.2, 0) is 16.0 Å². The van der Waals surface area contributed by atoms with Crippen LogP contribution in [0.25, 0.3) is 0 Å². The highest BCUT2D eigenvalue weighted by Gasteiger charge is 2.32. The van der Waals surface area contributed by atoms with Crippen LogP contribution in [0.15, 0.2) is 54.6 Å². The number of halogens is 1. The number of amides is 1. The van der Waals surface area contributed by atoms with Crippen LogP contribution in [0.5, 0.6) is 23.0 Å². The highest BCUT2D eigenvalue weighted by molar-refractivity contribution is 5.94. The fourth-order valence-electron chi connectivity index (χ4n) is 5.47. The van der Waals surface area contributed by atoms with Gasteiger partial charge in [0, 0.05) is 47.3 Å². The topological polar surface area (TPSA) is 94.5 Å². The highest BCUT2D eigenvalue weighted by Crippen LogP contribution is 2.44. The minimum atomic E-state index is -0.870. The van der Waals surface area contributed by atoms with Crippen LogP contribution in [0.3, 0.4) is 0 Å². The molecule has 3 aliphatic rings. The number of hydrogen-bond acceptors (Lipinski definition) is 6. The van der Waals surface area contributed by atoms with Gasteiger partial charge in [0.25, 0.3) is 5.91 Å². The zero-order valence-corrected chi connectivity index (χ0v) is 21.2. The molecular weight excluding hydrogens is 505 g/mol. The lowest BCUT2D eigenvalue weighted by Gasteiger charge is -2.26. The first-order valence-electron chi connectivity index (χ1n) is 13.1. The van der Waals surface area contributed by atoms with Crippen molar-refractivity contribution in [2.75, 3.05) is 32.9 Å². The number of aliphatic carboxylic acids is 1. The second kappa shape index (κ2) is 10.6. The lowest BCUT2D eigenvalue weighted by atomic mass is 9.98. The number of carbonyl (C=O) groups is 2. The van der Waals surface area contributed by atoms with Gasteiger partial charge in [0.15, 0.2) is 0 Å². The monoisotopic (exact) mass is 533 g/mol. The molecule has 1 fully saturated rings. The first kappa shape index (κ1) is 25.2. The van der Waals surface area contributed by atoms with E-state index in [4.69, 9.17) is 24.1 Å². The summed E-state index contributed by atoms with van der Waals surface area (Å²) in [6.07, 6.45) is 0.679. The van der Waals surface area contributed by atoms with E-state index in [1.165, 1.54) is 6.07 Å². The number of hydrogen-bond donors (Lipinski definition) is 1. The molecule has 202 valence electrons. The summed E-state index contributed by atoms with van der Waals surface area (Å²) in [7, 11) is 0. The zero-order chi connectivity index (χ0) is 26.9. The second-order valence-electron chi connectivity index (χ2n) is 9.92. The van der Waals surface area contributed by atoms with Gasteiger partial charge in [0.1, 0.15) is 34.9 Å². The molecule has 1 N–H and O–H groups in total. The molecule has 0 aromatic heterocycles. The van der Waals surface area contributed by atoms with Crippen molar-refractivity contribution in [3.05, 3.63) is 82.7 Å². The van der Waals surface area contributed by atoms with E-state index in [0.717, 1.165) is 11.1 Å². The van der Waals surface area contributed by atoms with E-state index in [1.54, 1.807) is 47.4 Å². The Hall–Kier alpha value is -4.11. The summed E-state index contributed by atoms with van der Waals surface area (Å²) in [6.45, 7) is 2.55. The van der Waals surface area contributed by atoms with E-state index < -0.39 is 12.1 Å². The SMILES string of the molecule is O=C(O)C[C@@H]1COc2cc(O[C@@H]3CCc4c(Oc5ccc(C(=O)N6CCOCC6)cc5)ccc(F)c43)ccc21. The van der Waals surface area contributed by atoms with Crippen molar-refractivity contribution in [1.82, 2.24) is 4.90 Å². The van der Waals surface area contributed by atoms with Crippen molar-refractivity contribution in [3.8, 4) is 23.0 Å². The zero-order valence-electron chi connectivity index (χ0n) is 21.2. The fourth-order valence-corrected chi connectivity index (χ4v) is 5.47. The number of carboxylic acid groups (broad SMARTS) is 1. The van der Waals surface area contributed by atoms with Crippen molar-refractivity contribution >= 4 is 11.9 Å². The lowest BCUT2D eigenvalue weighted by molar-refractivity contribution is -0.137. The fraction of sp³-hybridized carbons (Fsp3) is 0.333. The van der Waals surface area contributed by atoms with Gasteiger partial charge in [-0.05, 0) is 55.3 Å². The standard InChI is InChI=1S/C30H28FNO7/c31-24-8-10-25(38-20-3-1-18(2-4-20)30(35)32-11-13-36-14-12-32)23-7-9-26(29(23)24)39-21-5-6-22-19(15-28(33)34)17-37-27(22)16-21/h1-6,8,10,16,19,26H,7,9,11-15,17H2,(H,33,34)/t19-,26-/m1/s1. The highest BCUT2D eigenvalue weighted by atomic mass is 19.1. The van der Waals surface area contributed by atoms with Gasteiger partial charge < -0.3 is 29.0 Å². The Morgan fingerprint density at radius 2 is 1.79 bits per heavy atom. The molecule has 3 aromatic rings. The number of fused-ring (bicyclic) bond motifs is 2. The molecule has 0 bridgehead atoms. The van der Waals surface area contributed by atoms with Gasteiger partial charge in [-0.2, -0.15) is 0 Å². The number of morpholine rings is 1. The van der Waals surface area contributed by atoms with Crippen LogP contribution < -0.4 is 14.2 Å². The Kier molecular flexibility index (Phi) is 6.83. The van der Waals surface area contributed by atoms with Gasteiger partial charge in [-0.15, -0.1) is 0 Å². The van der Waals surface area contributed by atoms with E-state index in [2.05, 4.69) is 0 Å². The molecule has 2 atom stereocenters. The summed E-state index contributed by atoms with van der Waals surface area (Å²) in [6, 6.07) is 15.3. The summed E-state index contributed by atoms with van der Waals surface area (Å²) >= 11 is 0. The van der Waals surface area contributed by atoms with E-state index in [9.17, 15) is 9.59 Å². The van der Waals surface area contributed by atoms with Gasteiger partial charge in [-0.3, -0.25) is 9.59 Å². The summed E-state index contributed by atoms with van der Waals surface area (Å²) in [5, 5.41) is 9.12. The molecule has 39 heavy (non-hydrogen) atoms. The smallest absolute Gasteiger partial charge is 0.304 e. The predicted octanol–water partition coefficient (Wildman–Crippen LogP) is 5.11. The number of benzene rings is 3. The van der Waals surface area contributed by atoms with E-state index in [0.29, 0.717) is 79.9 Å².